The monoisotopic (exact) mass is 302 g/mol. The minimum absolute atomic E-state index is 0.201. The summed E-state index contributed by atoms with van der Waals surface area (Å²) in [5.41, 5.74) is 6.90. The fraction of sp³-hybridized carbons (Fsp3) is 0.188. The van der Waals surface area contributed by atoms with Gasteiger partial charge in [0.25, 0.3) is 0 Å². The summed E-state index contributed by atoms with van der Waals surface area (Å²) in [6.07, 6.45) is 1.71. The molecule has 0 amide bonds. The zero-order valence-corrected chi connectivity index (χ0v) is 12.4. The third-order valence-electron chi connectivity index (χ3n) is 3.82. The maximum absolute atomic E-state index is 13.0. The Balaban J connectivity index is 2.06. The number of nitrogens with zero attached hydrogens (tertiary/aromatic N) is 1. The molecule has 0 fully saturated rings. The minimum Gasteiger partial charge on any atom is -0.352 e. The molecule has 3 rings (SSSR count). The third kappa shape index (κ3) is 2.01. The van der Waals surface area contributed by atoms with Crippen LogP contribution in [0.3, 0.4) is 0 Å². The number of rotatable bonds is 3. The van der Waals surface area contributed by atoms with Crippen LogP contribution < -0.4 is 5.73 Å². The van der Waals surface area contributed by atoms with Gasteiger partial charge in [-0.15, -0.1) is 11.3 Å². The number of carbonyl (C=O) groups excluding carboxylic acids is 1. The summed E-state index contributed by atoms with van der Waals surface area (Å²) in [4.78, 5) is 15.2. The van der Waals surface area contributed by atoms with Gasteiger partial charge in [0.1, 0.15) is 6.67 Å². The summed E-state index contributed by atoms with van der Waals surface area (Å²) in [6.45, 7) is -0.587. The van der Waals surface area contributed by atoms with Gasteiger partial charge >= 0.3 is 0 Å². The molecule has 0 spiro atoms. The standard InChI is InChI=1S/C16H15FN2OS/c1-19-10-13(14-11(9-17)7-8-21-14)15(20)16(19,18)12-5-3-2-4-6-12/h2-8,10H,9,18H2,1H3. The number of likely N-dealkylation sites (N-methyl/N-ethyl adjacent to an activating group) is 1. The second kappa shape index (κ2) is 5.09. The van der Waals surface area contributed by atoms with Crippen molar-refractivity contribution in [3.05, 3.63) is 64.0 Å². The molecule has 2 N–H and O–H groups in total. The molecule has 0 aliphatic carbocycles. The molecule has 2 aromatic rings. The average molecular weight is 302 g/mol. The molecular formula is C16H15FN2OS. The number of alkyl halides is 1. The van der Waals surface area contributed by atoms with Crippen LogP contribution in [0.25, 0.3) is 5.57 Å². The van der Waals surface area contributed by atoms with Crippen molar-refractivity contribution in [1.29, 1.82) is 0 Å². The molecule has 0 saturated carbocycles. The highest BCUT2D eigenvalue weighted by Gasteiger charge is 2.46. The molecule has 2 heterocycles. The summed E-state index contributed by atoms with van der Waals surface area (Å²) in [6, 6.07) is 10.9. The largest absolute Gasteiger partial charge is 0.352 e. The van der Waals surface area contributed by atoms with E-state index in [0.29, 0.717) is 16.0 Å². The van der Waals surface area contributed by atoms with E-state index in [2.05, 4.69) is 0 Å². The Labute approximate surface area is 126 Å². The summed E-state index contributed by atoms with van der Waals surface area (Å²) in [7, 11) is 1.76. The highest BCUT2D eigenvalue weighted by Crippen LogP contribution is 2.39. The molecule has 1 aliphatic rings. The Morgan fingerprint density at radius 1 is 1.29 bits per heavy atom. The van der Waals surface area contributed by atoms with Crippen molar-refractivity contribution in [3.63, 3.8) is 0 Å². The van der Waals surface area contributed by atoms with Crippen molar-refractivity contribution in [2.45, 2.75) is 12.3 Å². The van der Waals surface area contributed by atoms with E-state index in [1.165, 1.54) is 11.3 Å². The van der Waals surface area contributed by atoms with Crippen LogP contribution in [0.1, 0.15) is 16.0 Å². The average Bonchev–Trinajstić information content (AvgIpc) is 3.07. The molecule has 21 heavy (non-hydrogen) atoms. The van der Waals surface area contributed by atoms with E-state index in [-0.39, 0.29) is 5.78 Å². The van der Waals surface area contributed by atoms with Gasteiger partial charge in [-0.25, -0.2) is 4.39 Å². The molecule has 1 atom stereocenters. The first-order valence-corrected chi connectivity index (χ1v) is 7.43. The van der Waals surface area contributed by atoms with E-state index in [0.717, 1.165) is 5.56 Å². The number of ketones is 1. The number of benzene rings is 1. The molecule has 5 heteroatoms. The van der Waals surface area contributed by atoms with Gasteiger partial charge in [0.15, 0.2) is 5.66 Å². The Kier molecular flexibility index (Phi) is 3.39. The first-order chi connectivity index (χ1) is 10.1. The number of nitrogens with two attached hydrogens (primary N) is 1. The van der Waals surface area contributed by atoms with E-state index >= 15 is 0 Å². The van der Waals surface area contributed by atoms with E-state index in [9.17, 15) is 9.18 Å². The molecule has 0 bridgehead atoms. The quantitative estimate of drug-likeness (QED) is 0.948. The summed E-state index contributed by atoms with van der Waals surface area (Å²) in [5.74, 6) is -0.201. The lowest BCUT2D eigenvalue weighted by Gasteiger charge is -2.31. The topological polar surface area (TPSA) is 46.3 Å². The maximum Gasteiger partial charge on any atom is 0.210 e. The summed E-state index contributed by atoms with van der Waals surface area (Å²) < 4.78 is 13.0. The lowest BCUT2D eigenvalue weighted by Crippen LogP contribution is -2.51. The highest BCUT2D eigenvalue weighted by atomic mass is 32.1. The smallest absolute Gasteiger partial charge is 0.210 e. The zero-order valence-electron chi connectivity index (χ0n) is 11.5. The molecule has 0 saturated heterocycles. The normalized spacial score (nSPS) is 21.8. The molecular weight excluding hydrogens is 287 g/mol. The van der Waals surface area contributed by atoms with E-state index in [4.69, 9.17) is 5.73 Å². The first-order valence-electron chi connectivity index (χ1n) is 6.55. The molecule has 1 aliphatic heterocycles. The molecule has 1 unspecified atom stereocenters. The van der Waals surface area contributed by atoms with Crippen LogP contribution in [0.5, 0.6) is 0 Å². The third-order valence-corrected chi connectivity index (χ3v) is 4.81. The van der Waals surface area contributed by atoms with Crippen LogP contribution in [0, 0.1) is 0 Å². The van der Waals surface area contributed by atoms with Crippen molar-refractivity contribution >= 4 is 22.7 Å². The van der Waals surface area contributed by atoms with Gasteiger partial charge in [-0.2, -0.15) is 0 Å². The van der Waals surface area contributed by atoms with Crippen LogP contribution in [0.2, 0.25) is 0 Å². The summed E-state index contributed by atoms with van der Waals surface area (Å²) >= 11 is 1.36. The van der Waals surface area contributed by atoms with Crippen molar-refractivity contribution in [1.82, 2.24) is 4.90 Å². The van der Waals surface area contributed by atoms with Gasteiger partial charge < -0.3 is 4.90 Å². The molecule has 1 aromatic heterocycles. The Morgan fingerprint density at radius 2 is 2.00 bits per heavy atom. The van der Waals surface area contributed by atoms with E-state index in [1.54, 1.807) is 29.6 Å². The molecule has 3 nitrogen and oxygen atoms in total. The van der Waals surface area contributed by atoms with Crippen molar-refractivity contribution in [2.24, 2.45) is 5.73 Å². The maximum atomic E-state index is 13.0. The van der Waals surface area contributed by atoms with E-state index < -0.39 is 12.3 Å². The second-order valence-corrected chi connectivity index (χ2v) is 5.94. The predicted octanol–water partition coefficient (Wildman–Crippen LogP) is 2.88. The lowest BCUT2D eigenvalue weighted by atomic mass is 9.93. The molecule has 0 radical (unpaired) electrons. The van der Waals surface area contributed by atoms with Crippen LogP contribution in [-0.4, -0.2) is 17.7 Å². The molecule has 108 valence electrons. The fourth-order valence-corrected chi connectivity index (χ4v) is 3.50. The van der Waals surface area contributed by atoms with Gasteiger partial charge in [0.2, 0.25) is 5.78 Å². The van der Waals surface area contributed by atoms with Crippen LogP contribution in [0.4, 0.5) is 4.39 Å². The van der Waals surface area contributed by atoms with Crippen LogP contribution >= 0.6 is 11.3 Å². The van der Waals surface area contributed by atoms with Crippen LogP contribution in [-0.2, 0) is 17.1 Å². The van der Waals surface area contributed by atoms with Gasteiger partial charge in [0, 0.05) is 29.3 Å². The van der Waals surface area contributed by atoms with Gasteiger partial charge in [0.05, 0.1) is 5.57 Å². The van der Waals surface area contributed by atoms with Gasteiger partial charge in [-0.3, -0.25) is 10.5 Å². The number of Topliss-reactive ketones (excluding diaryl/α,β-unsaturated/α-hetero) is 1. The Hall–Kier alpha value is -1.98. The fourth-order valence-electron chi connectivity index (χ4n) is 2.59. The second-order valence-electron chi connectivity index (χ2n) is 5.02. The number of carbonyl (C=O) groups is 1. The van der Waals surface area contributed by atoms with Gasteiger partial charge in [-0.05, 0) is 11.4 Å². The number of hydrogen-bond acceptors (Lipinski definition) is 4. The Bertz CT molecular complexity index is 710. The summed E-state index contributed by atoms with van der Waals surface area (Å²) in [5, 5.41) is 1.79. The predicted molar refractivity (Wildman–Crippen MR) is 82.2 cm³/mol. The SMILES string of the molecule is CN1C=C(c2sccc2CF)C(=O)C1(N)c1ccccc1. The highest BCUT2D eigenvalue weighted by molar-refractivity contribution is 7.11. The minimum atomic E-state index is -1.23. The van der Waals surface area contributed by atoms with Gasteiger partial charge in [-0.1, -0.05) is 30.3 Å². The number of thiophene rings is 1. The number of hydrogen-bond donors (Lipinski definition) is 1. The van der Waals surface area contributed by atoms with Crippen molar-refractivity contribution in [3.8, 4) is 0 Å². The number of halogens is 1. The zero-order chi connectivity index (χ0) is 15.0. The lowest BCUT2D eigenvalue weighted by molar-refractivity contribution is -0.121. The van der Waals surface area contributed by atoms with Crippen molar-refractivity contribution in [2.75, 3.05) is 7.05 Å². The van der Waals surface area contributed by atoms with Crippen LogP contribution in [0.15, 0.2) is 48.0 Å². The first kappa shape index (κ1) is 14.0. The van der Waals surface area contributed by atoms with Crippen molar-refractivity contribution < 1.29 is 9.18 Å². The van der Waals surface area contributed by atoms with E-state index in [1.807, 2.05) is 30.3 Å². The Morgan fingerprint density at radius 3 is 2.67 bits per heavy atom. The molecule has 1 aromatic carbocycles.